The Morgan fingerprint density at radius 3 is 2.24 bits per heavy atom. The predicted octanol–water partition coefficient (Wildman–Crippen LogP) is 1.70. The van der Waals surface area contributed by atoms with E-state index in [9.17, 15) is 4.79 Å². The van der Waals surface area contributed by atoms with E-state index in [1.165, 1.54) is 38.8 Å². The van der Waals surface area contributed by atoms with Crippen LogP contribution in [0.4, 0.5) is 0 Å². The van der Waals surface area contributed by atoms with Gasteiger partial charge in [0, 0.05) is 17.8 Å². The van der Waals surface area contributed by atoms with Crippen LogP contribution in [0.25, 0.3) is 0 Å². The number of carbonyl (C=O) groups excluding carboxylic acids is 1. The summed E-state index contributed by atoms with van der Waals surface area (Å²) in [5.41, 5.74) is 0. The molecule has 2 aliphatic rings. The fourth-order valence-corrected chi connectivity index (χ4v) is 3.88. The molecule has 0 bridgehead atoms. The first kappa shape index (κ1) is 13.1. The lowest BCUT2D eigenvalue weighted by Crippen LogP contribution is -3.15. The van der Waals surface area contributed by atoms with Crippen molar-refractivity contribution in [3.8, 4) is 0 Å². The number of quaternary nitrogens is 1. The Labute approximate surface area is 106 Å². The third-order valence-corrected chi connectivity index (χ3v) is 4.56. The summed E-state index contributed by atoms with van der Waals surface area (Å²) in [5, 5.41) is 0. The maximum Gasteiger partial charge on any atom is 0.189 e. The number of Topliss-reactive ketones (excluding diaryl/α,β-unsaturated/α-hetero) is 1. The average Bonchev–Trinajstić information content (AvgIpc) is 2.28. The summed E-state index contributed by atoms with van der Waals surface area (Å²) in [7, 11) is 0. The number of rotatable bonds is 3. The minimum Gasteiger partial charge on any atom is -0.328 e. The van der Waals surface area contributed by atoms with E-state index in [1.54, 1.807) is 4.90 Å². The molecular formula is C15H28NO+. The number of piperidine rings is 1. The van der Waals surface area contributed by atoms with Crippen LogP contribution >= 0.6 is 0 Å². The van der Waals surface area contributed by atoms with Crippen LogP contribution in [-0.4, -0.2) is 25.4 Å². The van der Waals surface area contributed by atoms with E-state index in [4.69, 9.17) is 0 Å². The Morgan fingerprint density at radius 2 is 1.65 bits per heavy atom. The molecule has 2 atom stereocenters. The first-order valence-corrected chi connectivity index (χ1v) is 7.51. The molecule has 0 aromatic heterocycles. The van der Waals surface area contributed by atoms with Crippen LogP contribution in [0.15, 0.2) is 0 Å². The minimum atomic E-state index is 0.406. The van der Waals surface area contributed by atoms with Gasteiger partial charge in [-0.2, -0.15) is 0 Å². The Kier molecular flexibility index (Phi) is 4.61. The number of ketones is 1. The Bertz CT molecular complexity index is 248. The van der Waals surface area contributed by atoms with E-state index in [-0.39, 0.29) is 0 Å². The molecule has 1 saturated carbocycles. The molecule has 1 heterocycles. The van der Waals surface area contributed by atoms with Crippen LogP contribution in [0, 0.1) is 17.8 Å². The first-order chi connectivity index (χ1) is 8.15. The minimum absolute atomic E-state index is 0.406. The van der Waals surface area contributed by atoms with E-state index in [0.717, 1.165) is 31.2 Å². The molecule has 1 N–H and O–H groups in total. The molecule has 1 saturated heterocycles. The van der Waals surface area contributed by atoms with Crippen molar-refractivity contribution in [2.75, 3.05) is 19.6 Å². The van der Waals surface area contributed by atoms with Gasteiger partial charge < -0.3 is 4.90 Å². The van der Waals surface area contributed by atoms with Gasteiger partial charge >= 0.3 is 0 Å². The third kappa shape index (κ3) is 3.80. The zero-order chi connectivity index (χ0) is 12.3. The van der Waals surface area contributed by atoms with Crippen molar-refractivity contribution in [1.82, 2.24) is 0 Å². The fraction of sp³-hybridized carbons (Fsp3) is 0.933. The van der Waals surface area contributed by atoms with Gasteiger partial charge in [0.25, 0.3) is 0 Å². The largest absolute Gasteiger partial charge is 0.328 e. The second kappa shape index (κ2) is 5.99. The van der Waals surface area contributed by atoms with Crippen molar-refractivity contribution in [1.29, 1.82) is 0 Å². The summed E-state index contributed by atoms with van der Waals surface area (Å²) >= 11 is 0. The van der Waals surface area contributed by atoms with Gasteiger partial charge in [0.15, 0.2) is 5.78 Å². The highest BCUT2D eigenvalue weighted by Gasteiger charge is 2.29. The molecule has 0 aromatic rings. The van der Waals surface area contributed by atoms with Gasteiger partial charge in [0.05, 0.1) is 13.1 Å². The molecule has 98 valence electrons. The number of hydrogen-bond donors (Lipinski definition) is 1. The van der Waals surface area contributed by atoms with Crippen LogP contribution < -0.4 is 4.90 Å². The quantitative estimate of drug-likeness (QED) is 0.794. The molecule has 2 fully saturated rings. The molecule has 2 rings (SSSR count). The van der Waals surface area contributed by atoms with Crippen molar-refractivity contribution < 1.29 is 9.69 Å². The lowest BCUT2D eigenvalue weighted by Gasteiger charge is -2.32. The monoisotopic (exact) mass is 238 g/mol. The second-order valence-corrected chi connectivity index (χ2v) is 6.58. The molecule has 1 aliphatic carbocycles. The zero-order valence-electron chi connectivity index (χ0n) is 11.5. The van der Waals surface area contributed by atoms with E-state index in [1.807, 2.05) is 0 Å². The summed E-state index contributed by atoms with van der Waals surface area (Å²) in [4.78, 5) is 13.8. The maximum absolute atomic E-state index is 12.3. The normalized spacial score (nSPS) is 35.8. The van der Waals surface area contributed by atoms with E-state index < -0.39 is 0 Å². The van der Waals surface area contributed by atoms with Crippen molar-refractivity contribution in [3.05, 3.63) is 0 Å². The van der Waals surface area contributed by atoms with E-state index in [2.05, 4.69) is 13.8 Å². The Balaban J connectivity index is 1.80. The van der Waals surface area contributed by atoms with E-state index >= 15 is 0 Å². The molecule has 0 aromatic carbocycles. The zero-order valence-corrected chi connectivity index (χ0v) is 11.5. The van der Waals surface area contributed by atoms with Gasteiger partial charge in [-0.15, -0.1) is 0 Å². The summed E-state index contributed by atoms with van der Waals surface area (Å²) in [6, 6.07) is 0. The lowest BCUT2D eigenvalue weighted by atomic mass is 9.85. The Hall–Kier alpha value is -0.370. The highest BCUT2D eigenvalue weighted by atomic mass is 16.1. The summed E-state index contributed by atoms with van der Waals surface area (Å²) < 4.78 is 0. The number of likely N-dealkylation sites (tertiary alicyclic amines) is 1. The standard InChI is InChI=1S/C15H27NO/c1-12-8-13(2)10-16(9-12)11-15(17)14-6-4-3-5-7-14/h12-14H,3-11H2,1-2H3/p+1. The molecule has 0 amide bonds. The van der Waals surface area contributed by atoms with Crippen LogP contribution in [-0.2, 0) is 4.79 Å². The van der Waals surface area contributed by atoms with Crippen molar-refractivity contribution in [2.24, 2.45) is 17.8 Å². The molecule has 0 radical (unpaired) electrons. The molecule has 2 heteroatoms. The van der Waals surface area contributed by atoms with Crippen LogP contribution in [0.5, 0.6) is 0 Å². The van der Waals surface area contributed by atoms with Crippen LogP contribution in [0.1, 0.15) is 52.4 Å². The molecular weight excluding hydrogens is 210 g/mol. The summed E-state index contributed by atoms with van der Waals surface area (Å²) in [6.45, 7) is 7.90. The first-order valence-electron chi connectivity index (χ1n) is 7.51. The van der Waals surface area contributed by atoms with Gasteiger partial charge in [-0.05, 0) is 19.3 Å². The summed E-state index contributed by atoms with van der Waals surface area (Å²) in [5.74, 6) is 2.56. The predicted molar refractivity (Wildman–Crippen MR) is 70.1 cm³/mol. The average molecular weight is 238 g/mol. The van der Waals surface area contributed by atoms with Crippen molar-refractivity contribution >= 4 is 5.78 Å². The van der Waals surface area contributed by atoms with Crippen molar-refractivity contribution in [3.63, 3.8) is 0 Å². The maximum atomic E-state index is 12.3. The number of carbonyl (C=O) groups is 1. The topological polar surface area (TPSA) is 21.5 Å². The highest BCUT2D eigenvalue weighted by molar-refractivity contribution is 5.81. The van der Waals surface area contributed by atoms with Gasteiger partial charge in [-0.3, -0.25) is 4.79 Å². The molecule has 0 spiro atoms. The van der Waals surface area contributed by atoms with Crippen LogP contribution in [0.3, 0.4) is 0 Å². The highest BCUT2D eigenvalue weighted by Crippen LogP contribution is 2.24. The van der Waals surface area contributed by atoms with Gasteiger partial charge in [0.2, 0.25) is 0 Å². The molecule has 2 unspecified atom stereocenters. The van der Waals surface area contributed by atoms with Gasteiger partial charge in [0.1, 0.15) is 6.54 Å². The second-order valence-electron chi connectivity index (χ2n) is 6.58. The lowest BCUT2D eigenvalue weighted by molar-refractivity contribution is -0.904. The smallest absolute Gasteiger partial charge is 0.189 e. The SMILES string of the molecule is CC1CC(C)C[NH+](CC(=O)C2CCCCC2)C1. The molecule has 17 heavy (non-hydrogen) atoms. The Morgan fingerprint density at radius 1 is 1.06 bits per heavy atom. The summed E-state index contributed by atoms with van der Waals surface area (Å²) in [6.07, 6.45) is 7.57. The fourth-order valence-electron chi connectivity index (χ4n) is 3.88. The number of nitrogens with one attached hydrogen (secondary N) is 1. The van der Waals surface area contributed by atoms with E-state index in [0.29, 0.717) is 11.7 Å². The molecule has 1 aliphatic heterocycles. The third-order valence-electron chi connectivity index (χ3n) is 4.56. The molecule has 2 nitrogen and oxygen atoms in total. The van der Waals surface area contributed by atoms with Gasteiger partial charge in [-0.25, -0.2) is 0 Å². The number of hydrogen-bond acceptors (Lipinski definition) is 1. The van der Waals surface area contributed by atoms with Crippen LogP contribution in [0.2, 0.25) is 0 Å². The van der Waals surface area contributed by atoms with Gasteiger partial charge in [-0.1, -0.05) is 33.1 Å². The van der Waals surface area contributed by atoms with Crippen molar-refractivity contribution in [2.45, 2.75) is 52.4 Å².